The van der Waals surface area contributed by atoms with Crippen molar-refractivity contribution in [2.45, 2.75) is 37.6 Å². The number of halogens is 1. The second kappa shape index (κ2) is 4.75. The van der Waals surface area contributed by atoms with E-state index in [0.29, 0.717) is 12.0 Å². The van der Waals surface area contributed by atoms with Crippen molar-refractivity contribution < 1.29 is 4.39 Å². The molecule has 0 aromatic heterocycles. The van der Waals surface area contributed by atoms with Gasteiger partial charge >= 0.3 is 0 Å². The molecule has 2 atom stereocenters. The molecule has 2 heteroatoms. The summed E-state index contributed by atoms with van der Waals surface area (Å²) in [6, 6.07) is 7.62. The van der Waals surface area contributed by atoms with E-state index < -0.39 is 0 Å². The van der Waals surface area contributed by atoms with Crippen LogP contribution in [0.3, 0.4) is 0 Å². The first-order chi connectivity index (χ1) is 7.33. The summed E-state index contributed by atoms with van der Waals surface area (Å²) in [6.07, 6.45) is 4.75. The van der Waals surface area contributed by atoms with Gasteiger partial charge in [0, 0.05) is 12.0 Å². The summed E-state index contributed by atoms with van der Waals surface area (Å²) < 4.78 is 13.7. The van der Waals surface area contributed by atoms with Crippen LogP contribution in [0.4, 0.5) is 4.39 Å². The second-order valence-corrected chi connectivity index (χ2v) is 4.31. The highest BCUT2D eigenvalue weighted by Gasteiger charge is 2.26. The molecule has 1 aliphatic rings. The lowest BCUT2D eigenvalue weighted by Gasteiger charge is -2.31. The Morgan fingerprint density at radius 1 is 1.20 bits per heavy atom. The number of hydrogen-bond donors (Lipinski definition) is 1. The molecule has 2 unspecified atom stereocenters. The molecule has 1 aromatic carbocycles. The Balaban J connectivity index is 2.24. The minimum absolute atomic E-state index is 0.0512. The summed E-state index contributed by atoms with van der Waals surface area (Å²) in [4.78, 5) is 0. The molecule has 15 heavy (non-hydrogen) atoms. The highest BCUT2D eigenvalue weighted by Crippen LogP contribution is 2.33. The van der Waals surface area contributed by atoms with Gasteiger partial charge in [-0.2, -0.15) is 0 Å². The zero-order chi connectivity index (χ0) is 10.7. The summed E-state index contributed by atoms with van der Waals surface area (Å²) >= 11 is 0. The Kier molecular flexibility index (Phi) is 3.37. The number of likely N-dealkylation sites (N-methyl/N-ethyl adjacent to an activating group) is 1. The molecule has 1 fully saturated rings. The standard InChI is InChI=1S/C13H18FN/c1-15-13-9-5-3-7-11(13)10-6-2-4-8-12(10)14/h2,4,6,8,11,13,15H,3,5,7,9H2,1H3. The summed E-state index contributed by atoms with van der Waals surface area (Å²) in [6.45, 7) is 0. The van der Waals surface area contributed by atoms with Gasteiger partial charge in [0.25, 0.3) is 0 Å². The van der Waals surface area contributed by atoms with E-state index in [1.54, 1.807) is 12.1 Å². The molecule has 1 N–H and O–H groups in total. The molecule has 0 radical (unpaired) electrons. The van der Waals surface area contributed by atoms with Gasteiger partial charge in [-0.25, -0.2) is 4.39 Å². The zero-order valence-corrected chi connectivity index (χ0v) is 9.17. The lowest BCUT2D eigenvalue weighted by Crippen LogP contribution is -2.35. The Hall–Kier alpha value is -0.890. The van der Waals surface area contributed by atoms with Gasteiger partial charge in [-0.05, 0) is 31.5 Å². The Bertz CT molecular complexity index is 324. The quantitative estimate of drug-likeness (QED) is 0.786. The monoisotopic (exact) mass is 207 g/mol. The molecular formula is C13H18FN. The first kappa shape index (κ1) is 10.6. The Morgan fingerprint density at radius 2 is 1.93 bits per heavy atom. The molecule has 1 aromatic rings. The average molecular weight is 207 g/mol. The zero-order valence-electron chi connectivity index (χ0n) is 9.17. The molecule has 1 saturated carbocycles. The van der Waals surface area contributed by atoms with Crippen LogP contribution in [0, 0.1) is 5.82 Å². The summed E-state index contributed by atoms with van der Waals surface area (Å²) in [5.74, 6) is 0.301. The molecule has 0 bridgehead atoms. The molecule has 0 saturated heterocycles. The van der Waals surface area contributed by atoms with E-state index in [1.807, 2.05) is 19.2 Å². The van der Waals surface area contributed by atoms with Gasteiger partial charge in [-0.15, -0.1) is 0 Å². The fourth-order valence-electron chi connectivity index (χ4n) is 2.62. The second-order valence-electron chi connectivity index (χ2n) is 4.31. The van der Waals surface area contributed by atoms with Gasteiger partial charge in [-0.1, -0.05) is 31.0 Å². The summed E-state index contributed by atoms with van der Waals surface area (Å²) in [5, 5.41) is 3.31. The predicted octanol–water partition coefficient (Wildman–Crippen LogP) is 3.07. The van der Waals surface area contributed by atoms with Crippen LogP contribution in [0.25, 0.3) is 0 Å². The van der Waals surface area contributed by atoms with E-state index in [9.17, 15) is 4.39 Å². The highest BCUT2D eigenvalue weighted by atomic mass is 19.1. The van der Waals surface area contributed by atoms with Gasteiger partial charge < -0.3 is 5.32 Å². The number of benzene rings is 1. The largest absolute Gasteiger partial charge is 0.316 e. The number of nitrogens with one attached hydrogen (secondary N) is 1. The first-order valence-electron chi connectivity index (χ1n) is 5.74. The van der Waals surface area contributed by atoms with E-state index >= 15 is 0 Å². The van der Waals surface area contributed by atoms with Crippen molar-refractivity contribution >= 4 is 0 Å². The van der Waals surface area contributed by atoms with Crippen molar-refractivity contribution in [3.8, 4) is 0 Å². The van der Waals surface area contributed by atoms with Crippen LogP contribution >= 0.6 is 0 Å². The van der Waals surface area contributed by atoms with Crippen LogP contribution in [-0.4, -0.2) is 13.1 Å². The molecule has 0 aliphatic heterocycles. The predicted molar refractivity (Wildman–Crippen MR) is 60.5 cm³/mol. The third-order valence-corrected chi connectivity index (χ3v) is 3.44. The maximum Gasteiger partial charge on any atom is 0.126 e. The molecule has 0 amide bonds. The Labute approximate surface area is 90.7 Å². The molecule has 0 heterocycles. The molecule has 82 valence electrons. The molecule has 1 aliphatic carbocycles. The lowest BCUT2D eigenvalue weighted by molar-refractivity contribution is 0.337. The minimum atomic E-state index is -0.0512. The van der Waals surface area contributed by atoms with E-state index in [4.69, 9.17) is 0 Å². The van der Waals surface area contributed by atoms with Crippen molar-refractivity contribution in [2.24, 2.45) is 0 Å². The molecule has 2 rings (SSSR count). The SMILES string of the molecule is CNC1CCCCC1c1ccccc1F. The third-order valence-electron chi connectivity index (χ3n) is 3.44. The van der Waals surface area contributed by atoms with Crippen LogP contribution in [0.2, 0.25) is 0 Å². The third kappa shape index (κ3) is 2.20. The van der Waals surface area contributed by atoms with Crippen molar-refractivity contribution in [3.63, 3.8) is 0 Å². The Morgan fingerprint density at radius 3 is 2.67 bits per heavy atom. The summed E-state index contributed by atoms with van der Waals surface area (Å²) in [7, 11) is 1.98. The topological polar surface area (TPSA) is 12.0 Å². The number of rotatable bonds is 2. The van der Waals surface area contributed by atoms with Gasteiger partial charge in [0.2, 0.25) is 0 Å². The average Bonchev–Trinajstić information content (AvgIpc) is 2.30. The van der Waals surface area contributed by atoms with Gasteiger partial charge in [0.05, 0.1) is 0 Å². The van der Waals surface area contributed by atoms with Gasteiger partial charge in [0.1, 0.15) is 5.82 Å². The van der Waals surface area contributed by atoms with Gasteiger partial charge in [0.15, 0.2) is 0 Å². The van der Waals surface area contributed by atoms with Gasteiger partial charge in [-0.3, -0.25) is 0 Å². The molecule has 1 nitrogen and oxygen atoms in total. The number of hydrogen-bond acceptors (Lipinski definition) is 1. The highest BCUT2D eigenvalue weighted by molar-refractivity contribution is 5.23. The van der Waals surface area contributed by atoms with Crippen molar-refractivity contribution in [1.82, 2.24) is 5.32 Å². The van der Waals surface area contributed by atoms with Crippen LogP contribution in [0.1, 0.15) is 37.2 Å². The maximum atomic E-state index is 13.7. The maximum absolute atomic E-state index is 13.7. The van der Waals surface area contributed by atoms with Crippen molar-refractivity contribution in [1.29, 1.82) is 0 Å². The van der Waals surface area contributed by atoms with Crippen LogP contribution in [-0.2, 0) is 0 Å². The summed E-state index contributed by atoms with van der Waals surface area (Å²) in [5.41, 5.74) is 0.886. The molecular weight excluding hydrogens is 189 g/mol. The van der Waals surface area contributed by atoms with E-state index in [1.165, 1.54) is 12.8 Å². The van der Waals surface area contributed by atoms with Crippen LogP contribution in [0.15, 0.2) is 24.3 Å². The fourth-order valence-corrected chi connectivity index (χ4v) is 2.62. The van der Waals surface area contributed by atoms with Crippen molar-refractivity contribution in [2.75, 3.05) is 7.05 Å². The van der Waals surface area contributed by atoms with E-state index in [-0.39, 0.29) is 5.82 Å². The lowest BCUT2D eigenvalue weighted by atomic mass is 9.80. The van der Waals surface area contributed by atoms with Crippen LogP contribution < -0.4 is 5.32 Å². The fraction of sp³-hybridized carbons (Fsp3) is 0.538. The first-order valence-corrected chi connectivity index (χ1v) is 5.74. The smallest absolute Gasteiger partial charge is 0.126 e. The molecule has 0 spiro atoms. The normalized spacial score (nSPS) is 26.5. The van der Waals surface area contributed by atoms with E-state index in [2.05, 4.69) is 5.32 Å². The van der Waals surface area contributed by atoms with Crippen LogP contribution in [0.5, 0.6) is 0 Å². The van der Waals surface area contributed by atoms with Crippen molar-refractivity contribution in [3.05, 3.63) is 35.6 Å². The minimum Gasteiger partial charge on any atom is -0.316 e. The van der Waals surface area contributed by atoms with E-state index in [0.717, 1.165) is 18.4 Å².